The summed E-state index contributed by atoms with van der Waals surface area (Å²) in [5.41, 5.74) is 0.251. The molecule has 0 saturated carbocycles. The van der Waals surface area contributed by atoms with Gasteiger partial charge in [-0.1, -0.05) is 12.1 Å². The van der Waals surface area contributed by atoms with Gasteiger partial charge in [0.15, 0.2) is 0 Å². The van der Waals surface area contributed by atoms with Crippen molar-refractivity contribution in [1.82, 2.24) is 10.0 Å². The number of carbonyl (C=O) groups is 1. The molecule has 144 valence electrons. The molecule has 2 N–H and O–H groups in total. The molecule has 0 atom stereocenters. The number of carbonyl (C=O) groups excluding carboxylic acids is 1. The Morgan fingerprint density at radius 2 is 1.85 bits per heavy atom. The van der Waals surface area contributed by atoms with Crippen LogP contribution in [0.4, 0.5) is 0 Å². The van der Waals surface area contributed by atoms with Crippen molar-refractivity contribution < 1.29 is 22.7 Å². The van der Waals surface area contributed by atoms with Crippen LogP contribution in [0, 0.1) is 0 Å². The first kappa shape index (κ1) is 20.5. The van der Waals surface area contributed by atoms with Crippen molar-refractivity contribution >= 4 is 15.9 Å². The summed E-state index contributed by atoms with van der Waals surface area (Å²) in [6.45, 7) is 4.13. The standard InChI is InChI=1S/C19H22N2O5S/c1-3-11-21-27(23,24)18-6-4-5-15(14-18)19(22)20-12-13-26-17-9-7-16(25-2)8-10-17/h3-10,14,21H,1,11-13H2,2H3,(H,20,22). The Morgan fingerprint density at radius 1 is 1.15 bits per heavy atom. The largest absolute Gasteiger partial charge is 0.497 e. The summed E-state index contributed by atoms with van der Waals surface area (Å²) in [6.07, 6.45) is 1.44. The summed E-state index contributed by atoms with van der Waals surface area (Å²) in [4.78, 5) is 12.2. The van der Waals surface area contributed by atoms with E-state index in [1.165, 1.54) is 24.3 Å². The van der Waals surface area contributed by atoms with E-state index in [0.29, 0.717) is 5.75 Å². The van der Waals surface area contributed by atoms with Crippen LogP contribution in [0.5, 0.6) is 11.5 Å². The maximum atomic E-state index is 12.2. The number of ether oxygens (including phenoxy) is 2. The van der Waals surface area contributed by atoms with Crippen molar-refractivity contribution in [1.29, 1.82) is 0 Å². The third-order valence-electron chi connectivity index (χ3n) is 3.54. The summed E-state index contributed by atoms with van der Waals surface area (Å²) >= 11 is 0. The molecule has 0 heterocycles. The second-order valence-electron chi connectivity index (χ2n) is 5.45. The van der Waals surface area contributed by atoms with Crippen molar-refractivity contribution in [2.24, 2.45) is 0 Å². The first-order valence-corrected chi connectivity index (χ1v) is 9.70. The molecule has 7 nitrogen and oxygen atoms in total. The maximum Gasteiger partial charge on any atom is 0.251 e. The molecule has 2 aromatic carbocycles. The lowest BCUT2D eigenvalue weighted by atomic mass is 10.2. The number of hydrogen-bond acceptors (Lipinski definition) is 5. The fraction of sp³-hybridized carbons (Fsp3) is 0.211. The minimum absolute atomic E-state index is 0.0199. The molecule has 0 saturated heterocycles. The minimum Gasteiger partial charge on any atom is -0.497 e. The highest BCUT2D eigenvalue weighted by Crippen LogP contribution is 2.16. The Bertz CT molecular complexity index is 879. The average molecular weight is 390 g/mol. The molecule has 0 aromatic heterocycles. The molecule has 8 heteroatoms. The number of sulfonamides is 1. The second kappa shape index (κ2) is 9.75. The Labute approximate surface area is 159 Å². The molecule has 0 unspecified atom stereocenters. The van der Waals surface area contributed by atoms with Crippen molar-refractivity contribution in [2.45, 2.75) is 4.90 Å². The molecular weight excluding hydrogens is 368 g/mol. The Hall–Kier alpha value is -2.84. The van der Waals surface area contributed by atoms with E-state index in [2.05, 4.69) is 16.6 Å². The first-order chi connectivity index (χ1) is 13.0. The number of nitrogens with one attached hydrogen (secondary N) is 2. The van der Waals surface area contributed by atoms with Gasteiger partial charge in [-0.15, -0.1) is 6.58 Å². The highest BCUT2D eigenvalue weighted by atomic mass is 32.2. The van der Waals surface area contributed by atoms with Gasteiger partial charge in [0.05, 0.1) is 18.6 Å². The minimum atomic E-state index is -3.68. The van der Waals surface area contributed by atoms with Crippen LogP contribution in [-0.4, -0.2) is 41.1 Å². The third-order valence-corrected chi connectivity index (χ3v) is 4.96. The molecular formula is C19H22N2O5S. The van der Waals surface area contributed by atoms with E-state index >= 15 is 0 Å². The molecule has 0 fully saturated rings. The van der Waals surface area contributed by atoms with Gasteiger partial charge in [-0.25, -0.2) is 13.1 Å². The van der Waals surface area contributed by atoms with Gasteiger partial charge in [0.2, 0.25) is 10.0 Å². The van der Waals surface area contributed by atoms with Crippen molar-refractivity contribution in [3.05, 3.63) is 66.7 Å². The monoisotopic (exact) mass is 390 g/mol. The molecule has 0 bridgehead atoms. The lowest BCUT2D eigenvalue weighted by Crippen LogP contribution is -2.28. The molecule has 1 amide bonds. The molecule has 0 aliphatic rings. The van der Waals surface area contributed by atoms with Crippen LogP contribution in [-0.2, 0) is 10.0 Å². The fourth-order valence-electron chi connectivity index (χ4n) is 2.16. The Balaban J connectivity index is 1.88. The second-order valence-corrected chi connectivity index (χ2v) is 7.22. The smallest absolute Gasteiger partial charge is 0.251 e. The zero-order valence-electron chi connectivity index (χ0n) is 15.0. The number of amides is 1. The summed E-state index contributed by atoms with van der Waals surface area (Å²) in [5, 5.41) is 2.69. The zero-order valence-corrected chi connectivity index (χ0v) is 15.8. The molecule has 2 rings (SSSR count). The summed E-state index contributed by atoms with van der Waals surface area (Å²) in [6, 6.07) is 12.9. The van der Waals surface area contributed by atoms with E-state index in [9.17, 15) is 13.2 Å². The van der Waals surface area contributed by atoms with Crippen LogP contribution in [0.25, 0.3) is 0 Å². The van der Waals surface area contributed by atoms with Gasteiger partial charge >= 0.3 is 0 Å². The van der Waals surface area contributed by atoms with Crippen molar-refractivity contribution in [2.75, 3.05) is 26.8 Å². The fourth-order valence-corrected chi connectivity index (χ4v) is 3.21. The zero-order chi connectivity index (χ0) is 19.7. The lowest BCUT2D eigenvalue weighted by molar-refractivity contribution is 0.0947. The molecule has 27 heavy (non-hydrogen) atoms. The van der Waals surface area contributed by atoms with Crippen LogP contribution in [0.15, 0.2) is 66.1 Å². The molecule has 0 radical (unpaired) electrons. The normalized spacial score (nSPS) is 10.9. The Kier molecular flexibility index (Phi) is 7.39. The first-order valence-electron chi connectivity index (χ1n) is 8.22. The van der Waals surface area contributed by atoms with Gasteiger partial charge in [-0.05, 0) is 42.5 Å². The van der Waals surface area contributed by atoms with Crippen LogP contribution < -0.4 is 19.5 Å². The van der Waals surface area contributed by atoms with Crippen LogP contribution in [0.1, 0.15) is 10.4 Å². The highest BCUT2D eigenvalue weighted by molar-refractivity contribution is 7.89. The van der Waals surface area contributed by atoms with Gasteiger partial charge in [0.1, 0.15) is 18.1 Å². The molecule has 0 aliphatic carbocycles. The van der Waals surface area contributed by atoms with Gasteiger partial charge in [0.25, 0.3) is 5.91 Å². The van der Waals surface area contributed by atoms with Crippen molar-refractivity contribution in [3.63, 3.8) is 0 Å². The van der Waals surface area contributed by atoms with E-state index < -0.39 is 10.0 Å². The average Bonchev–Trinajstić information content (AvgIpc) is 2.70. The lowest BCUT2D eigenvalue weighted by Gasteiger charge is -2.09. The predicted molar refractivity (Wildman–Crippen MR) is 103 cm³/mol. The van der Waals surface area contributed by atoms with Gasteiger partial charge in [0, 0.05) is 12.1 Å². The Morgan fingerprint density at radius 3 is 2.52 bits per heavy atom. The van der Waals surface area contributed by atoms with Crippen LogP contribution in [0.3, 0.4) is 0 Å². The molecule has 0 spiro atoms. The van der Waals surface area contributed by atoms with E-state index in [4.69, 9.17) is 9.47 Å². The summed E-state index contributed by atoms with van der Waals surface area (Å²) in [5.74, 6) is 1.01. The summed E-state index contributed by atoms with van der Waals surface area (Å²) in [7, 11) is -2.10. The van der Waals surface area contributed by atoms with Crippen molar-refractivity contribution in [3.8, 4) is 11.5 Å². The summed E-state index contributed by atoms with van der Waals surface area (Å²) < 4.78 is 37.2. The number of benzene rings is 2. The predicted octanol–water partition coefficient (Wildman–Crippen LogP) is 1.97. The van der Waals surface area contributed by atoms with E-state index in [1.807, 2.05) is 0 Å². The quantitative estimate of drug-likeness (QED) is 0.478. The van der Waals surface area contributed by atoms with E-state index in [0.717, 1.165) is 5.75 Å². The number of hydrogen-bond donors (Lipinski definition) is 2. The van der Waals surface area contributed by atoms with Crippen LogP contribution >= 0.6 is 0 Å². The maximum absolute atomic E-state index is 12.2. The third kappa shape index (κ3) is 6.12. The van der Waals surface area contributed by atoms with Crippen LogP contribution in [0.2, 0.25) is 0 Å². The van der Waals surface area contributed by atoms with E-state index in [-0.39, 0.29) is 36.1 Å². The SMILES string of the molecule is C=CCNS(=O)(=O)c1cccc(C(=O)NCCOc2ccc(OC)cc2)c1. The molecule has 0 aliphatic heterocycles. The highest BCUT2D eigenvalue weighted by Gasteiger charge is 2.15. The van der Waals surface area contributed by atoms with Gasteiger partial charge in [-0.3, -0.25) is 4.79 Å². The number of methoxy groups -OCH3 is 1. The van der Waals surface area contributed by atoms with E-state index in [1.54, 1.807) is 37.4 Å². The van der Waals surface area contributed by atoms with Gasteiger partial charge < -0.3 is 14.8 Å². The number of rotatable bonds is 10. The molecule has 2 aromatic rings. The van der Waals surface area contributed by atoms with Gasteiger partial charge in [-0.2, -0.15) is 0 Å². The topological polar surface area (TPSA) is 93.7 Å².